The first kappa shape index (κ1) is 8.64. The van der Waals surface area contributed by atoms with Crippen LogP contribution in [-0.2, 0) is 17.6 Å². The Hall–Kier alpha value is -1.45. The van der Waals surface area contributed by atoms with Crippen LogP contribution in [0.2, 0.25) is 0 Å². The molecule has 0 aliphatic heterocycles. The Morgan fingerprint density at radius 3 is 3.00 bits per heavy atom. The van der Waals surface area contributed by atoms with E-state index in [2.05, 4.69) is 9.97 Å². The number of hydrogen-bond acceptors (Lipinski definition) is 3. The van der Waals surface area contributed by atoms with Crippen molar-refractivity contribution in [2.45, 2.75) is 19.8 Å². The van der Waals surface area contributed by atoms with E-state index in [0.29, 0.717) is 5.82 Å². The zero-order valence-corrected chi connectivity index (χ0v) is 6.95. The molecule has 0 bridgehead atoms. The van der Waals surface area contributed by atoms with Gasteiger partial charge >= 0.3 is 0 Å². The minimum atomic E-state index is -0.400. The molecule has 0 saturated carbocycles. The highest BCUT2D eigenvalue weighted by Gasteiger charge is 2.01. The molecule has 12 heavy (non-hydrogen) atoms. The summed E-state index contributed by atoms with van der Waals surface area (Å²) in [5.41, 5.74) is 5.93. The lowest BCUT2D eigenvalue weighted by Gasteiger charge is -1.98. The number of nitrogens with zero attached hydrogens (tertiary/aromatic N) is 2. The Morgan fingerprint density at radius 1 is 1.67 bits per heavy atom. The van der Waals surface area contributed by atoms with Crippen LogP contribution in [0, 0.1) is 0 Å². The molecule has 2 N–H and O–H groups in total. The smallest absolute Gasteiger partial charge is 0.225 e. The highest BCUT2D eigenvalue weighted by molar-refractivity contribution is 5.75. The van der Waals surface area contributed by atoms with Crippen LogP contribution in [0.4, 0.5) is 0 Å². The molecular formula is C8H11N3O. The van der Waals surface area contributed by atoms with Gasteiger partial charge in [0.2, 0.25) is 5.91 Å². The topological polar surface area (TPSA) is 68.9 Å². The lowest BCUT2D eigenvalue weighted by molar-refractivity contribution is -0.117. The van der Waals surface area contributed by atoms with Crippen molar-refractivity contribution in [2.24, 2.45) is 5.73 Å². The lowest BCUT2D eigenvalue weighted by Crippen LogP contribution is -2.15. The molecule has 0 aliphatic rings. The molecule has 1 amide bonds. The largest absolute Gasteiger partial charge is 0.369 e. The summed E-state index contributed by atoms with van der Waals surface area (Å²) in [5.74, 6) is 0.102. The maximum atomic E-state index is 10.5. The second kappa shape index (κ2) is 3.80. The van der Waals surface area contributed by atoms with Crippen molar-refractivity contribution in [1.82, 2.24) is 9.97 Å². The molecular weight excluding hydrogens is 154 g/mol. The van der Waals surface area contributed by atoms with Gasteiger partial charge in [-0.1, -0.05) is 6.92 Å². The van der Waals surface area contributed by atoms with Crippen LogP contribution >= 0.6 is 0 Å². The van der Waals surface area contributed by atoms with Crippen LogP contribution in [0.3, 0.4) is 0 Å². The van der Waals surface area contributed by atoms with Crippen molar-refractivity contribution in [3.05, 3.63) is 23.8 Å². The molecule has 1 rings (SSSR count). The summed E-state index contributed by atoms with van der Waals surface area (Å²) in [7, 11) is 0. The Kier molecular flexibility index (Phi) is 2.74. The average molecular weight is 165 g/mol. The van der Waals surface area contributed by atoms with Crippen molar-refractivity contribution in [2.75, 3.05) is 0 Å². The maximum absolute atomic E-state index is 10.5. The van der Waals surface area contributed by atoms with Crippen molar-refractivity contribution in [3.63, 3.8) is 0 Å². The number of aromatic nitrogens is 2. The third-order valence-corrected chi connectivity index (χ3v) is 1.46. The number of primary amides is 1. The Balaban J connectivity index is 2.79. The fraction of sp³-hybridized carbons (Fsp3) is 0.375. The number of carbonyl (C=O) groups is 1. The summed E-state index contributed by atoms with van der Waals surface area (Å²) in [6, 6.07) is 1.82. The molecule has 0 radical (unpaired) electrons. The van der Waals surface area contributed by atoms with Crippen LogP contribution in [0.1, 0.15) is 18.4 Å². The van der Waals surface area contributed by atoms with Gasteiger partial charge in [0.15, 0.2) is 0 Å². The average Bonchev–Trinajstić information content (AvgIpc) is 2.03. The number of aryl methyl sites for hydroxylation is 1. The Morgan fingerprint density at radius 2 is 2.42 bits per heavy atom. The van der Waals surface area contributed by atoms with Crippen molar-refractivity contribution < 1.29 is 4.79 Å². The molecule has 1 heterocycles. The fourth-order valence-corrected chi connectivity index (χ4v) is 0.879. The first-order valence-electron chi connectivity index (χ1n) is 3.81. The molecule has 0 atom stereocenters. The highest BCUT2D eigenvalue weighted by atomic mass is 16.1. The van der Waals surface area contributed by atoms with Crippen molar-refractivity contribution >= 4 is 5.91 Å². The van der Waals surface area contributed by atoms with E-state index in [1.54, 1.807) is 6.20 Å². The van der Waals surface area contributed by atoms with E-state index >= 15 is 0 Å². The molecule has 0 saturated heterocycles. The summed E-state index contributed by atoms with van der Waals surface area (Å²) in [5, 5.41) is 0. The zero-order valence-electron chi connectivity index (χ0n) is 6.95. The Labute approximate surface area is 70.8 Å². The van der Waals surface area contributed by atoms with Crippen molar-refractivity contribution in [3.8, 4) is 0 Å². The van der Waals surface area contributed by atoms with Crippen molar-refractivity contribution in [1.29, 1.82) is 0 Å². The van der Waals surface area contributed by atoms with Gasteiger partial charge in [-0.2, -0.15) is 0 Å². The molecule has 0 aliphatic carbocycles. The van der Waals surface area contributed by atoms with Gasteiger partial charge in [0.25, 0.3) is 0 Å². The molecule has 4 nitrogen and oxygen atoms in total. The van der Waals surface area contributed by atoms with E-state index in [0.717, 1.165) is 12.1 Å². The van der Waals surface area contributed by atoms with Gasteiger partial charge in [-0.15, -0.1) is 0 Å². The summed E-state index contributed by atoms with van der Waals surface area (Å²) < 4.78 is 0. The van der Waals surface area contributed by atoms with E-state index in [1.165, 1.54) is 0 Å². The third-order valence-electron chi connectivity index (χ3n) is 1.46. The van der Waals surface area contributed by atoms with Gasteiger partial charge in [0.05, 0.1) is 6.42 Å². The molecule has 0 fully saturated rings. The van der Waals surface area contributed by atoms with Gasteiger partial charge in [-0.05, 0) is 12.5 Å². The minimum Gasteiger partial charge on any atom is -0.369 e. The number of amides is 1. The predicted molar refractivity (Wildman–Crippen MR) is 44.3 cm³/mol. The van der Waals surface area contributed by atoms with Crippen LogP contribution in [0.15, 0.2) is 12.3 Å². The van der Waals surface area contributed by atoms with E-state index in [-0.39, 0.29) is 6.42 Å². The first-order chi connectivity index (χ1) is 5.72. The second-order valence-electron chi connectivity index (χ2n) is 2.46. The molecule has 0 unspecified atom stereocenters. The first-order valence-corrected chi connectivity index (χ1v) is 3.81. The Bertz CT molecular complexity index is 285. The summed E-state index contributed by atoms with van der Waals surface area (Å²) in [4.78, 5) is 18.5. The summed E-state index contributed by atoms with van der Waals surface area (Å²) in [6.45, 7) is 2.00. The molecule has 1 aromatic rings. The van der Waals surface area contributed by atoms with E-state index in [9.17, 15) is 4.79 Å². The minimum absolute atomic E-state index is 0.119. The molecule has 0 aromatic carbocycles. The summed E-state index contributed by atoms with van der Waals surface area (Å²) >= 11 is 0. The number of hydrogen-bond donors (Lipinski definition) is 1. The molecule has 0 spiro atoms. The van der Waals surface area contributed by atoms with Gasteiger partial charge < -0.3 is 5.73 Å². The van der Waals surface area contributed by atoms with Crippen LogP contribution in [0.5, 0.6) is 0 Å². The molecule has 1 aromatic heterocycles. The molecule has 64 valence electrons. The second-order valence-corrected chi connectivity index (χ2v) is 2.46. The van der Waals surface area contributed by atoms with Crippen LogP contribution < -0.4 is 5.73 Å². The zero-order chi connectivity index (χ0) is 8.97. The number of rotatable bonds is 3. The SMILES string of the molecule is CCc1ccnc(CC(N)=O)n1. The normalized spacial score (nSPS) is 9.75. The quantitative estimate of drug-likeness (QED) is 0.688. The van der Waals surface area contributed by atoms with E-state index < -0.39 is 5.91 Å². The van der Waals surface area contributed by atoms with Gasteiger partial charge in [0, 0.05) is 11.9 Å². The number of nitrogens with two attached hydrogens (primary N) is 1. The maximum Gasteiger partial charge on any atom is 0.225 e. The van der Waals surface area contributed by atoms with Gasteiger partial charge in [0.1, 0.15) is 5.82 Å². The highest BCUT2D eigenvalue weighted by Crippen LogP contribution is 1.96. The van der Waals surface area contributed by atoms with Gasteiger partial charge in [-0.3, -0.25) is 4.79 Å². The van der Waals surface area contributed by atoms with E-state index in [1.807, 2.05) is 13.0 Å². The van der Waals surface area contributed by atoms with Crippen LogP contribution in [0.25, 0.3) is 0 Å². The van der Waals surface area contributed by atoms with Gasteiger partial charge in [-0.25, -0.2) is 9.97 Å². The summed E-state index contributed by atoms with van der Waals surface area (Å²) in [6.07, 6.45) is 2.60. The van der Waals surface area contributed by atoms with Crippen LogP contribution in [-0.4, -0.2) is 15.9 Å². The third kappa shape index (κ3) is 2.30. The molecule has 4 heteroatoms. The monoisotopic (exact) mass is 165 g/mol. The standard InChI is InChI=1S/C8H11N3O/c1-2-6-3-4-10-8(11-6)5-7(9)12/h3-4H,2,5H2,1H3,(H2,9,12). The predicted octanol–water partition coefficient (Wildman–Crippen LogP) is 0.0668. The fourth-order valence-electron chi connectivity index (χ4n) is 0.879. The lowest BCUT2D eigenvalue weighted by atomic mass is 10.3. The van der Waals surface area contributed by atoms with E-state index in [4.69, 9.17) is 5.73 Å². The number of carbonyl (C=O) groups excluding carboxylic acids is 1.